The molecular weight excluding hydrogens is 265 g/mol. The molecule has 1 N–H and O–H groups in total. The molecule has 1 rings (SSSR count). The van der Waals surface area contributed by atoms with E-state index in [0.717, 1.165) is 5.56 Å². The Labute approximate surface area is 106 Å². The first-order valence-electron chi connectivity index (χ1n) is 5.15. The molecule has 1 aromatic rings. The van der Waals surface area contributed by atoms with Gasteiger partial charge in [0.25, 0.3) is 0 Å². The maximum absolute atomic E-state index is 12.9. The molecule has 3 nitrogen and oxygen atoms in total. The van der Waals surface area contributed by atoms with Crippen LogP contribution < -0.4 is 5.32 Å². The minimum Gasteiger partial charge on any atom is -0.309 e. The van der Waals surface area contributed by atoms with Crippen molar-refractivity contribution in [1.82, 2.24) is 5.32 Å². The van der Waals surface area contributed by atoms with Crippen molar-refractivity contribution in [3.63, 3.8) is 0 Å². The first kappa shape index (κ1) is 14.4. The summed E-state index contributed by atoms with van der Waals surface area (Å²) in [5.74, 6) is -0.384. The van der Waals surface area contributed by atoms with E-state index in [0.29, 0.717) is 6.54 Å². The number of halogens is 2. The molecule has 1 atom stereocenters. The van der Waals surface area contributed by atoms with Gasteiger partial charge in [-0.1, -0.05) is 17.7 Å². The number of rotatable bonds is 5. The first-order valence-corrected chi connectivity index (χ1v) is 7.59. The molecule has 0 bridgehead atoms. The molecule has 0 spiro atoms. The highest BCUT2D eigenvalue weighted by Crippen LogP contribution is 2.20. The van der Waals surface area contributed by atoms with Gasteiger partial charge in [-0.25, -0.2) is 12.8 Å². The summed E-state index contributed by atoms with van der Waals surface area (Å²) < 4.78 is 34.8. The van der Waals surface area contributed by atoms with Crippen LogP contribution in [0.25, 0.3) is 0 Å². The summed E-state index contributed by atoms with van der Waals surface area (Å²) in [4.78, 5) is 0. The van der Waals surface area contributed by atoms with Crippen molar-refractivity contribution >= 4 is 21.4 Å². The van der Waals surface area contributed by atoms with Crippen LogP contribution >= 0.6 is 11.6 Å². The van der Waals surface area contributed by atoms with Crippen molar-refractivity contribution in [2.75, 3.05) is 18.6 Å². The van der Waals surface area contributed by atoms with Crippen LogP contribution in [0.5, 0.6) is 0 Å². The van der Waals surface area contributed by atoms with Crippen molar-refractivity contribution in [2.45, 2.75) is 13.0 Å². The number of hydrogen-bond acceptors (Lipinski definition) is 3. The Morgan fingerprint density at radius 1 is 1.47 bits per heavy atom. The average molecular weight is 280 g/mol. The Bertz CT molecular complexity index is 490. The number of hydrogen-bond donors (Lipinski definition) is 1. The van der Waals surface area contributed by atoms with E-state index in [1.807, 2.05) is 6.92 Å². The Morgan fingerprint density at radius 2 is 2.12 bits per heavy atom. The van der Waals surface area contributed by atoms with E-state index in [1.54, 1.807) is 6.07 Å². The minimum absolute atomic E-state index is 0.0688. The molecule has 0 aliphatic carbocycles. The minimum atomic E-state index is -2.97. The fraction of sp³-hybridized carbons (Fsp3) is 0.455. The van der Waals surface area contributed by atoms with Gasteiger partial charge in [-0.15, -0.1) is 0 Å². The maximum Gasteiger partial charge on any atom is 0.148 e. The zero-order valence-electron chi connectivity index (χ0n) is 9.70. The third-order valence-electron chi connectivity index (χ3n) is 2.37. The summed E-state index contributed by atoms with van der Waals surface area (Å²) in [5, 5.41) is 3.11. The molecule has 96 valence electrons. The van der Waals surface area contributed by atoms with Gasteiger partial charge < -0.3 is 5.32 Å². The third kappa shape index (κ3) is 5.02. The predicted octanol–water partition coefficient (Wildman–Crippen LogP) is 2.17. The Hall–Kier alpha value is -0.650. The molecule has 0 heterocycles. The van der Waals surface area contributed by atoms with E-state index >= 15 is 0 Å². The zero-order chi connectivity index (χ0) is 13.1. The molecule has 1 unspecified atom stereocenters. The van der Waals surface area contributed by atoms with Gasteiger partial charge in [0.15, 0.2) is 0 Å². The second-order valence-electron chi connectivity index (χ2n) is 3.98. The maximum atomic E-state index is 12.9. The van der Waals surface area contributed by atoms with E-state index < -0.39 is 15.7 Å². The monoisotopic (exact) mass is 279 g/mol. The molecule has 6 heteroatoms. The number of nitrogens with one attached hydrogen (secondary N) is 1. The first-order chi connectivity index (χ1) is 7.79. The quantitative estimate of drug-likeness (QED) is 0.899. The van der Waals surface area contributed by atoms with Gasteiger partial charge in [0, 0.05) is 18.8 Å². The van der Waals surface area contributed by atoms with E-state index in [2.05, 4.69) is 5.32 Å². The van der Waals surface area contributed by atoms with Crippen LogP contribution in [0, 0.1) is 5.82 Å². The van der Waals surface area contributed by atoms with Gasteiger partial charge in [-0.05, 0) is 24.6 Å². The molecule has 0 aromatic heterocycles. The van der Waals surface area contributed by atoms with Crippen LogP contribution in [0.3, 0.4) is 0 Å². The Kier molecular flexibility index (Phi) is 4.91. The van der Waals surface area contributed by atoms with Gasteiger partial charge in [-0.3, -0.25) is 0 Å². The smallest absolute Gasteiger partial charge is 0.148 e. The van der Waals surface area contributed by atoms with Gasteiger partial charge in [0.1, 0.15) is 15.7 Å². The topological polar surface area (TPSA) is 46.2 Å². The highest BCUT2D eigenvalue weighted by Gasteiger charge is 2.09. The summed E-state index contributed by atoms with van der Waals surface area (Å²) in [7, 11) is -2.97. The molecule has 0 saturated heterocycles. The lowest BCUT2D eigenvalue weighted by Gasteiger charge is -2.14. The second-order valence-corrected chi connectivity index (χ2v) is 6.65. The van der Waals surface area contributed by atoms with Gasteiger partial charge in [0.2, 0.25) is 0 Å². The second kappa shape index (κ2) is 5.80. The van der Waals surface area contributed by atoms with Crippen molar-refractivity contribution in [3.05, 3.63) is 34.6 Å². The van der Waals surface area contributed by atoms with Crippen LogP contribution in [-0.2, 0) is 9.84 Å². The van der Waals surface area contributed by atoms with Crippen molar-refractivity contribution in [2.24, 2.45) is 0 Å². The number of sulfone groups is 1. The summed E-state index contributed by atoms with van der Waals surface area (Å²) in [5.41, 5.74) is 0.824. The van der Waals surface area contributed by atoms with Crippen LogP contribution in [0.15, 0.2) is 18.2 Å². The molecular formula is C11H15ClFNO2S. The lowest BCUT2D eigenvalue weighted by Crippen LogP contribution is -2.25. The van der Waals surface area contributed by atoms with Crippen LogP contribution in [0.1, 0.15) is 18.5 Å². The van der Waals surface area contributed by atoms with E-state index in [-0.39, 0.29) is 16.8 Å². The van der Waals surface area contributed by atoms with Crippen molar-refractivity contribution in [3.8, 4) is 0 Å². The molecule has 1 aromatic carbocycles. The third-order valence-corrected chi connectivity index (χ3v) is 3.60. The van der Waals surface area contributed by atoms with E-state index in [1.165, 1.54) is 18.4 Å². The summed E-state index contributed by atoms with van der Waals surface area (Å²) in [6.45, 7) is 2.22. The van der Waals surface area contributed by atoms with Gasteiger partial charge in [-0.2, -0.15) is 0 Å². The summed E-state index contributed by atoms with van der Waals surface area (Å²) in [6.07, 6.45) is 1.19. The highest BCUT2D eigenvalue weighted by molar-refractivity contribution is 7.90. The fourth-order valence-corrected chi connectivity index (χ4v) is 2.04. The molecule has 0 aliphatic rings. The molecule has 0 fully saturated rings. The van der Waals surface area contributed by atoms with E-state index in [9.17, 15) is 12.8 Å². The Balaban J connectivity index is 2.58. The van der Waals surface area contributed by atoms with Crippen LogP contribution in [-0.4, -0.2) is 27.0 Å². The lowest BCUT2D eigenvalue weighted by atomic mass is 10.1. The summed E-state index contributed by atoms with van der Waals surface area (Å²) >= 11 is 5.67. The van der Waals surface area contributed by atoms with E-state index in [4.69, 9.17) is 11.6 Å². The van der Waals surface area contributed by atoms with Crippen LogP contribution in [0.2, 0.25) is 5.02 Å². The predicted molar refractivity (Wildman–Crippen MR) is 67.5 cm³/mol. The molecule has 17 heavy (non-hydrogen) atoms. The van der Waals surface area contributed by atoms with Crippen LogP contribution in [0.4, 0.5) is 4.39 Å². The molecule has 0 aliphatic heterocycles. The lowest BCUT2D eigenvalue weighted by molar-refractivity contribution is 0.574. The highest BCUT2D eigenvalue weighted by atomic mass is 35.5. The zero-order valence-corrected chi connectivity index (χ0v) is 11.3. The normalized spacial score (nSPS) is 13.6. The van der Waals surface area contributed by atoms with Crippen molar-refractivity contribution in [1.29, 1.82) is 0 Å². The molecule has 0 radical (unpaired) electrons. The van der Waals surface area contributed by atoms with Crippen molar-refractivity contribution < 1.29 is 12.8 Å². The fourth-order valence-electron chi connectivity index (χ4n) is 1.36. The summed E-state index contributed by atoms with van der Waals surface area (Å²) in [6, 6.07) is 4.38. The van der Waals surface area contributed by atoms with Gasteiger partial charge in [0.05, 0.1) is 10.8 Å². The SMILES string of the molecule is CC(NCCS(C)(=O)=O)c1ccc(F)c(Cl)c1. The molecule has 0 saturated carbocycles. The van der Waals surface area contributed by atoms with Gasteiger partial charge >= 0.3 is 0 Å². The standard InChI is InChI=1S/C11H15ClFNO2S/c1-8(14-5-6-17(2,15)16)9-3-4-11(13)10(12)7-9/h3-4,7-8,14H,5-6H2,1-2H3. The molecule has 0 amide bonds. The largest absolute Gasteiger partial charge is 0.309 e. The Morgan fingerprint density at radius 3 is 2.65 bits per heavy atom. The number of benzene rings is 1. The average Bonchev–Trinajstić information content (AvgIpc) is 2.20.